The fraction of sp³-hybridized carbons (Fsp3) is 0.350. The highest BCUT2D eigenvalue weighted by atomic mass is 16.5. The zero-order valence-electron chi connectivity index (χ0n) is 14.6. The van der Waals surface area contributed by atoms with Crippen LogP contribution in [0, 0.1) is 0 Å². The lowest BCUT2D eigenvalue weighted by atomic mass is 10.1. The minimum absolute atomic E-state index is 0.0273. The predicted molar refractivity (Wildman–Crippen MR) is 95.5 cm³/mol. The third-order valence-electron chi connectivity index (χ3n) is 4.03. The maximum atomic E-state index is 12.1. The molecule has 128 valence electrons. The van der Waals surface area contributed by atoms with Gasteiger partial charge in [0.25, 0.3) is 0 Å². The van der Waals surface area contributed by atoms with Gasteiger partial charge in [0.2, 0.25) is 5.91 Å². The first kappa shape index (κ1) is 17.9. The Morgan fingerprint density at radius 1 is 1.00 bits per heavy atom. The fourth-order valence-electron chi connectivity index (χ4n) is 2.57. The largest absolute Gasteiger partial charge is 0.493 e. The summed E-state index contributed by atoms with van der Waals surface area (Å²) >= 11 is 0. The Kier molecular flexibility index (Phi) is 6.67. The molecule has 2 aromatic carbocycles. The van der Waals surface area contributed by atoms with Crippen LogP contribution >= 0.6 is 0 Å². The monoisotopic (exact) mass is 327 g/mol. The van der Waals surface area contributed by atoms with Gasteiger partial charge in [-0.1, -0.05) is 43.3 Å². The molecule has 0 radical (unpaired) electrons. The van der Waals surface area contributed by atoms with Crippen molar-refractivity contribution < 1.29 is 14.3 Å². The van der Waals surface area contributed by atoms with Crippen molar-refractivity contribution in [1.82, 2.24) is 5.32 Å². The second-order valence-electron chi connectivity index (χ2n) is 5.60. The van der Waals surface area contributed by atoms with Crippen molar-refractivity contribution in [3.8, 4) is 11.5 Å². The van der Waals surface area contributed by atoms with Gasteiger partial charge in [-0.2, -0.15) is 0 Å². The molecule has 0 atom stereocenters. The van der Waals surface area contributed by atoms with Crippen molar-refractivity contribution in [2.75, 3.05) is 14.2 Å². The zero-order valence-corrected chi connectivity index (χ0v) is 14.6. The zero-order chi connectivity index (χ0) is 17.4. The average Bonchev–Trinajstić information content (AvgIpc) is 2.64. The fourth-order valence-corrected chi connectivity index (χ4v) is 2.57. The van der Waals surface area contributed by atoms with E-state index in [4.69, 9.17) is 9.47 Å². The topological polar surface area (TPSA) is 47.6 Å². The van der Waals surface area contributed by atoms with E-state index in [0.717, 1.165) is 18.4 Å². The van der Waals surface area contributed by atoms with Crippen LogP contribution in [0.5, 0.6) is 11.5 Å². The van der Waals surface area contributed by atoms with Crippen molar-refractivity contribution in [3.63, 3.8) is 0 Å². The van der Waals surface area contributed by atoms with Crippen LogP contribution in [0.1, 0.15) is 30.0 Å². The number of carbonyl (C=O) groups excluding carboxylic acids is 1. The maximum Gasteiger partial charge on any atom is 0.220 e. The molecule has 0 unspecified atom stereocenters. The van der Waals surface area contributed by atoms with Crippen LogP contribution in [-0.2, 0) is 24.2 Å². The number of para-hydroxylation sites is 1. The van der Waals surface area contributed by atoms with E-state index in [1.54, 1.807) is 14.2 Å². The van der Waals surface area contributed by atoms with Gasteiger partial charge in [-0.15, -0.1) is 0 Å². The molecular formula is C20H25NO3. The number of nitrogens with one attached hydrogen (secondary N) is 1. The summed E-state index contributed by atoms with van der Waals surface area (Å²) in [6.07, 6.45) is 2.24. The maximum absolute atomic E-state index is 12.1. The lowest BCUT2D eigenvalue weighted by molar-refractivity contribution is -0.121. The van der Waals surface area contributed by atoms with Crippen LogP contribution in [0.2, 0.25) is 0 Å². The van der Waals surface area contributed by atoms with Crippen molar-refractivity contribution >= 4 is 5.91 Å². The molecular weight excluding hydrogens is 302 g/mol. The number of amides is 1. The van der Waals surface area contributed by atoms with Crippen molar-refractivity contribution in [3.05, 3.63) is 59.2 Å². The number of rotatable bonds is 8. The van der Waals surface area contributed by atoms with E-state index < -0.39 is 0 Å². The third-order valence-corrected chi connectivity index (χ3v) is 4.03. The van der Waals surface area contributed by atoms with Gasteiger partial charge in [-0.3, -0.25) is 4.79 Å². The van der Waals surface area contributed by atoms with E-state index in [1.165, 1.54) is 11.1 Å². The molecule has 0 bridgehead atoms. The first-order chi connectivity index (χ1) is 11.7. The van der Waals surface area contributed by atoms with Gasteiger partial charge in [0, 0.05) is 18.5 Å². The summed E-state index contributed by atoms with van der Waals surface area (Å²) in [5.41, 5.74) is 3.40. The molecule has 0 saturated carbocycles. The van der Waals surface area contributed by atoms with Gasteiger partial charge in [-0.25, -0.2) is 0 Å². The van der Waals surface area contributed by atoms with Gasteiger partial charge in [0.1, 0.15) is 0 Å². The molecule has 2 rings (SSSR count). The van der Waals surface area contributed by atoms with Crippen LogP contribution in [0.15, 0.2) is 42.5 Å². The van der Waals surface area contributed by atoms with Crippen LogP contribution in [-0.4, -0.2) is 20.1 Å². The predicted octanol–water partition coefficient (Wildman–Crippen LogP) is 3.52. The molecule has 0 aliphatic rings. The Morgan fingerprint density at radius 3 is 2.33 bits per heavy atom. The van der Waals surface area contributed by atoms with Crippen LogP contribution in [0.3, 0.4) is 0 Å². The van der Waals surface area contributed by atoms with Crippen molar-refractivity contribution in [2.45, 2.75) is 32.7 Å². The number of hydrogen-bond acceptors (Lipinski definition) is 3. The number of aryl methyl sites for hydroxylation is 2. The van der Waals surface area contributed by atoms with Gasteiger partial charge in [-0.05, 0) is 30.0 Å². The number of hydrogen-bond donors (Lipinski definition) is 1. The number of carbonyl (C=O) groups is 1. The Balaban J connectivity index is 1.87. The molecule has 4 nitrogen and oxygen atoms in total. The minimum Gasteiger partial charge on any atom is -0.493 e. The molecule has 0 aliphatic carbocycles. The Hall–Kier alpha value is -2.49. The Labute approximate surface area is 143 Å². The van der Waals surface area contributed by atoms with E-state index in [0.29, 0.717) is 24.5 Å². The van der Waals surface area contributed by atoms with Gasteiger partial charge >= 0.3 is 0 Å². The number of ether oxygens (including phenoxy) is 2. The van der Waals surface area contributed by atoms with Crippen LogP contribution < -0.4 is 14.8 Å². The highest BCUT2D eigenvalue weighted by Gasteiger charge is 2.10. The van der Waals surface area contributed by atoms with Crippen molar-refractivity contribution in [1.29, 1.82) is 0 Å². The summed E-state index contributed by atoms with van der Waals surface area (Å²) in [5, 5.41) is 2.94. The first-order valence-electron chi connectivity index (χ1n) is 8.22. The van der Waals surface area contributed by atoms with E-state index in [2.05, 4.69) is 36.5 Å². The van der Waals surface area contributed by atoms with Crippen LogP contribution in [0.25, 0.3) is 0 Å². The molecule has 24 heavy (non-hydrogen) atoms. The Morgan fingerprint density at radius 2 is 1.71 bits per heavy atom. The molecule has 4 heteroatoms. The molecule has 0 spiro atoms. The summed E-state index contributed by atoms with van der Waals surface area (Å²) in [6, 6.07) is 14.1. The van der Waals surface area contributed by atoms with Gasteiger partial charge in [0.15, 0.2) is 11.5 Å². The minimum atomic E-state index is 0.0273. The molecule has 0 fully saturated rings. The summed E-state index contributed by atoms with van der Waals surface area (Å²) in [4.78, 5) is 12.1. The molecule has 0 saturated heterocycles. The second kappa shape index (κ2) is 8.96. The lowest BCUT2D eigenvalue weighted by Crippen LogP contribution is -2.23. The average molecular weight is 327 g/mol. The van der Waals surface area contributed by atoms with Crippen molar-refractivity contribution in [2.24, 2.45) is 0 Å². The van der Waals surface area contributed by atoms with Gasteiger partial charge < -0.3 is 14.8 Å². The highest BCUT2D eigenvalue weighted by molar-refractivity contribution is 5.76. The highest BCUT2D eigenvalue weighted by Crippen LogP contribution is 2.30. The van der Waals surface area contributed by atoms with Crippen LogP contribution in [0.4, 0.5) is 0 Å². The quantitative estimate of drug-likeness (QED) is 0.807. The van der Waals surface area contributed by atoms with Gasteiger partial charge in [0.05, 0.1) is 14.2 Å². The number of methoxy groups -OCH3 is 2. The molecule has 0 heterocycles. The summed E-state index contributed by atoms with van der Waals surface area (Å²) < 4.78 is 10.6. The summed E-state index contributed by atoms with van der Waals surface area (Å²) in [5.74, 6) is 1.36. The smallest absolute Gasteiger partial charge is 0.220 e. The molecule has 1 amide bonds. The van der Waals surface area contributed by atoms with E-state index in [-0.39, 0.29) is 5.91 Å². The summed E-state index contributed by atoms with van der Waals surface area (Å²) in [7, 11) is 3.20. The molecule has 2 aromatic rings. The third kappa shape index (κ3) is 4.75. The lowest BCUT2D eigenvalue weighted by Gasteiger charge is -2.13. The molecule has 1 N–H and O–H groups in total. The SMILES string of the molecule is CCc1ccc(CCC(=O)NCc2cccc(OC)c2OC)cc1. The first-order valence-corrected chi connectivity index (χ1v) is 8.22. The number of benzene rings is 2. The molecule has 0 aliphatic heterocycles. The van der Waals surface area contributed by atoms with E-state index in [1.807, 2.05) is 18.2 Å². The normalized spacial score (nSPS) is 10.3. The standard InChI is InChI=1S/C20H25NO3/c1-4-15-8-10-16(11-9-15)12-13-19(22)21-14-17-6-5-7-18(23-2)20(17)24-3/h5-11H,4,12-14H2,1-3H3,(H,21,22). The second-order valence-corrected chi connectivity index (χ2v) is 5.60. The Bertz CT molecular complexity index is 665. The van der Waals surface area contributed by atoms with E-state index >= 15 is 0 Å². The summed E-state index contributed by atoms with van der Waals surface area (Å²) in [6.45, 7) is 2.56. The van der Waals surface area contributed by atoms with E-state index in [9.17, 15) is 4.79 Å². The molecule has 0 aromatic heterocycles.